The smallest absolute Gasteiger partial charge is 0.323 e. The van der Waals surface area contributed by atoms with E-state index in [0.29, 0.717) is 19.1 Å². The van der Waals surface area contributed by atoms with Gasteiger partial charge < -0.3 is 15.4 Å². The van der Waals surface area contributed by atoms with E-state index in [1.165, 1.54) is 0 Å². The predicted octanol–water partition coefficient (Wildman–Crippen LogP) is 1.19. The first-order chi connectivity index (χ1) is 9.58. The maximum Gasteiger partial charge on any atom is 0.323 e. The highest BCUT2D eigenvalue weighted by atomic mass is 16.5. The van der Waals surface area contributed by atoms with Gasteiger partial charge in [-0.1, -0.05) is 6.07 Å². The molecule has 2 aromatic rings. The van der Waals surface area contributed by atoms with Gasteiger partial charge in [0.2, 0.25) is 11.9 Å². The molecule has 2 heterocycles. The number of nitrogens with zero attached hydrogens (tertiary/aromatic N) is 5. The van der Waals surface area contributed by atoms with Crippen molar-refractivity contribution in [1.82, 2.24) is 19.9 Å². The van der Waals surface area contributed by atoms with E-state index < -0.39 is 0 Å². The molecule has 0 atom stereocenters. The highest BCUT2D eigenvalue weighted by Gasteiger charge is 2.10. The van der Waals surface area contributed by atoms with Crippen LogP contribution in [-0.4, -0.2) is 33.6 Å². The molecule has 0 saturated heterocycles. The Morgan fingerprint density at radius 2 is 2.00 bits per heavy atom. The van der Waals surface area contributed by atoms with E-state index in [1.807, 2.05) is 44.0 Å². The van der Waals surface area contributed by atoms with Gasteiger partial charge >= 0.3 is 6.01 Å². The van der Waals surface area contributed by atoms with Gasteiger partial charge in [0.25, 0.3) is 0 Å². The fourth-order valence-electron chi connectivity index (χ4n) is 1.73. The summed E-state index contributed by atoms with van der Waals surface area (Å²) in [6.07, 6.45) is 0. The number of aromatic nitrogens is 4. The summed E-state index contributed by atoms with van der Waals surface area (Å²) in [4.78, 5) is 18.5. The average Bonchev–Trinajstić information content (AvgIpc) is 2.38. The molecule has 0 amide bonds. The number of rotatable bonds is 5. The van der Waals surface area contributed by atoms with Crippen LogP contribution in [0.3, 0.4) is 0 Å². The first-order valence-corrected chi connectivity index (χ1v) is 6.36. The number of nitrogens with two attached hydrogens (primary N) is 1. The molecule has 0 bridgehead atoms. The molecule has 0 aliphatic rings. The van der Waals surface area contributed by atoms with E-state index in [0.717, 1.165) is 11.4 Å². The molecule has 7 heteroatoms. The Labute approximate surface area is 117 Å². The van der Waals surface area contributed by atoms with Gasteiger partial charge in [0.05, 0.1) is 18.8 Å². The van der Waals surface area contributed by atoms with E-state index in [2.05, 4.69) is 19.9 Å². The summed E-state index contributed by atoms with van der Waals surface area (Å²) in [7, 11) is 1.87. The molecule has 0 aromatic carbocycles. The summed E-state index contributed by atoms with van der Waals surface area (Å²) < 4.78 is 5.26. The Balaban J connectivity index is 2.18. The van der Waals surface area contributed by atoms with Crippen LogP contribution >= 0.6 is 0 Å². The molecule has 0 saturated carbocycles. The summed E-state index contributed by atoms with van der Waals surface area (Å²) in [5, 5.41) is 0. The lowest BCUT2D eigenvalue weighted by Crippen LogP contribution is -2.21. The van der Waals surface area contributed by atoms with Crippen LogP contribution in [0.15, 0.2) is 18.2 Å². The Bertz CT molecular complexity index is 589. The summed E-state index contributed by atoms with van der Waals surface area (Å²) in [6.45, 7) is 4.88. The Hall–Kier alpha value is -2.44. The van der Waals surface area contributed by atoms with E-state index in [1.54, 1.807) is 0 Å². The highest BCUT2D eigenvalue weighted by molar-refractivity contribution is 5.35. The molecular formula is C13H18N6O. The van der Waals surface area contributed by atoms with Crippen molar-refractivity contribution in [3.63, 3.8) is 0 Å². The van der Waals surface area contributed by atoms with Crippen LogP contribution in [-0.2, 0) is 6.54 Å². The van der Waals surface area contributed by atoms with E-state index in [9.17, 15) is 0 Å². The number of hydrogen-bond acceptors (Lipinski definition) is 7. The number of nitrogen functional groups attached to an aromatic ring is 1. The summed E-state index contributed by atoms with van der Waals surface area (Å²) in [5.74, 6) is 0.603. The van der Waals surface area contributed by atoms with Crippen LogP contribution in [0, 0.1) is 6.92 Å². The van der Waals surface area contributed by atoms with Crippen molar-refractivity contribution in [3.8, 4) is 6.01 Å². The lowest BCUT2D eigenvalue weighted by Gasteiger charge is -2.17. The molecule has 0 unspecified atom stereocenters. The zero-order chi connectivity index (χ0) is 14.5. The van der Waals surface area contributed by atoms with Crippen molar-refractivity contribution in [2.75, 3.05) is 24.3 Å². The maximum atomic E-state index is 5.66. The van der Waals surface area contributed by atoms with E-state index >= 15 is 0 Å². The topological polar surface area (TPSA) is 90.0 Å². The Morgan fingerprint density at radius 1 is 1.20 bits per heavy atom. The fraction of sp³-hybridized carbons (Fsp3) is 0.385. The standard InChI is InChI=1S/C13H18N6O/c1-4-20-13-17-11(14)16-12(18-13)19(3)8-10-7-5-6-9(2)15-10/h5-7H,4,8H2,1-3H3,(H2,14,16,17,18). The van der Waals surface area contributed by atoms with Crippen molar-refractivity contribution in [2.45, 2.75) is 20.4 Å². The number of hydrogen-bond donors (Lipinski definition) is 1. The van der Waals surface area contributed by atoms with Crippen LogP contribution in [0.1, 0.15) is 18.3 Å². The average molecular weight is 274 g/mol. The first kappa shape index (κ1) is 14.0. The molecular weight excluding hydrogens is 256 g/mol. The molecule has 0 fully saturated rings. The second-order valence-electron chi connectivity index (χ2n) is 4.34. The van der Waals surface area contributed by atoms with Crippen LogP contribution < -0.4 is 15.4 Å². The second-order valence-corrected chi connectivity index (χ2v) is 4.34. The third-order valence-electron chi connectivity index (χ3n) is 2.58. The number of pyridine rings is 1. The molecule has 20 heavy (non-hydrogen) atoms. The largest absolute Gasteiger partial charge is 0.464 e. The van der Waals surface area contributed by atoms with Gasteiger partial charge in [-0.2, -0.15) is 15.0 Å². The zero-order valence-corrected chi connectivity index (χ0v) is 11.9. The molecule has 0 aliphatic carbocycles. The Morgan fingerprint density at radius 3 is 2.70 bits per heavy atom. The maximum absolute atomic E-state index is 5.66. The van der Waals surface area contributed by atoms with Crippen LogP contribution in [0.2, 0.25) is 0 Å². The van der Waals surface area contributed by atoms with Crippen molar-refractivity contribution in [3.05, 3.63) is 29.6 Å². The van der Waals surface area contributed by atoms with Crippen molar-refractivity contribution >= 4 is 11.9 Å². The molecule has 106 valence electrons. The van der Waals surface area contributed by atoms with Crippen LogP contribution in [0.5, 0.6) is 6.01 Å². The Kier molecular flexibility index (Phi) is 4.29. The van der Waals surface area contributed by atoms with Crippen LogP contribution in [0.4, 0.5) is 11.9 Å². The predicted molar refractivity (Wildman–Crippen MR) is 76.5 cm³/mol. The summed E-state index contributed by atoms with van der Waals surface area (Å²) >= 11 is 0. The fourth-order valence-corrected chi connectivity index (χ4v) is 1.73. The lowest BCUT2D eigenvalue weighted by atomic mass is 10.3. The molecule has 7 nitrogen and oxygen atoms in total. The zero-order valence-electron chi connectivity index (χ0n) is 11.9. The minimum absolute atomic E-state index is 0.141. The van der Waals surface area contributed by atoms with Gasteiger partial charge in [0.15, 0.2) is 0 Å². The molecule has 0 radical (unpaired) electrons. The van der Waals surface area contributed by atoms with E-state index in [-0.39, 0.29) is 12.0 Å². The quantitative estimate of drug-likeness (QED) is 0.875. The summed E-state index contributed by atoms with van der Waals surface area (Å²) in [6, 6.07) is 6.12. The van der Waals surface area contributed by atoms with Crippen molar-refractivity contribution in [1.29, 1.82) is 0 Å². The normalized spacial score (nSPS) is 10.3. The van der Waals surface area contributed by atoms with Crippen molar-refractivity contribution in [2.24, 2.45) is 0 Å². The number of anilines is 2. The van der Waals surface area contributed by atoms with Gasteiger partial charge in [-0.3, -0.25) is 4.98 Å². The van der Waals surface area contributed by atoms with Gasteiger partial charge in [0, 0.05) is 12.7 Å². The van der Waals surface area contributed by atoms with Crippen LogP contribution in [0.25, 0.3) is 0 Å². The molecule has 2 rings (SSSR count). The van der Waals surface area contributed by atoms with Gasteiger partial charge in [0.1, 0.15) is 0 Å². The number of aryl methyl sites for hydroxylation is 1. The monoisotopic (exact) mass is 274 g/mol. The third-order valence-corrected chi connectivity index (χ3v) is 2.58. The minimum atomic E-state index is 0.141. The molecule has 0 spiro atoms. The minimum Gasteiger partial charge on any atom is -0.464 e. The van der Waals surface area contributed by atoms with Gasteiger partial charge in [-0.15, -0.1) is 0 Å². The first-order valence-electron chi connectivity index (χ1n) is 6.36. The molecule has 2 N–H and O–H groups in total. The van der Waals surface area contributed by atoms with Gasteiger partial charge in [-0.25, -0.2) is 0 Å². The molecule has 0 aliphatic heterocycles. The summed E-state index contributed by atoms with van der Waals surface area (Å²) in [5.41, 5.74) is 7.57. The highest BCUT2D eigenvalue weighted by Crippen LogP contribution is 2.14. The van der Waals surface area contributed by atoms with E-state index in [4.69, 9.17) is 10.5 Å². The lowest BCUT2D eigenvalue weighted by molar-refractivity contribution is 0.312. The second kappa shape index (κ2) is 6.14. The number of ether oxygens (including phenoxy) is 1. The SMILES string of the molecule is CCOc1nc(N)nc(N(C)Cc2cccc(C)n2)n1. The van der Waals surface area contributed by atoms with Gasteiger partial charge in [-0.05, 0) is 26.0 Å². The third kappa shape index (κ3) is 3.53. The van der Waals surface area contributed by atoms with Crippen molar-refractivity contribution < 1.29 is 4.74 Å². The molecule has 2 aromatic heterocycles.